The molecular weight excluding hydrogens is 310 g/mol. The maximum absolute atomic E-state index is 12.6. The van der Waals surface area contributed by atoms with Crippen molar-refractivity contribution in [3.8, 4) is 0 Å². The van der Waals surface area contributed by atoms with Crippen molar-refractivity contribution in [3.05, 3.63) is 46.3 Å². The van der Waals surface area contributed by atoms with Gasteiger partial charge in [0.05, 0.1) is 4.88 Å². The maximum atomic E-state index is 12.6. The second-order valence-corrected chi connectivity index (χ2v) is 6.64. The summed E-state index contributed by atoms with van der Waals surface area (Å²) < 4.78 is 0. The number of thiophene rings is 1. The molecule has 6 heteroatoms. The number of pyridine rings is 1. The third-order valence-corrected chi connectivity index (χ3v) is 4.82. The first-order valence-electron chi connectivity index (χ1n) is 7.73. The van der Waals surface area contributed by atoms with E-state index in [1.165, 1.54) is 11.3 Å². The zero-order valence-corrected chi connectivity index (χ0v) is 13.8. The Labute approximate surface area is 139 Å². The van der Waals surface area contributed by atoms with E-state index in [1.807, 2.05) is 30.5 Å². The molecule has 2 aromatic rings. The Morgan fingerprint density at radius 2 is 2.22 bits per heavy atom. The van der Waals surface area contributed by atoms with Crippen molar-refractivity contribution in [2.45, 2.75) is 32.2 Å². The highest BCUT2D eigenvalue weighted by Gasteiger charge is 2.33. The summed E-state index contributed by atoms with van der Waals surface area (Å²) >= 11 is 1.41. The highest BCUT2D eigenvalue weighted by molar-refractivity contribution is 7.12. The minimum Gasteiger partial charge on any atom is -0.326 e. The average Bonchev–Trinajstić information content (AvgIpc) is 3.08. The second kappa shape index (κ2) is 6.91. The Balaban J connectivity index is 1.75. The number of aromatic nitrogens is 1. The molecule has 1 atom stereocenters. The van der Waals surface area contributed by atoms with Crippen LogP contribution in [0.25, 0.3) is 0 Å². The molecule has 3 rings (SSSR count). The molecule has 2 amide bonds. The van der Waals surface area contributed by atoms with Crippen LogP contribution in [0.4, 0.5) is 5.82 Å². The molecule has 5 nitrogen and oxygen atoms in total. The predicted octanol–water partition coefficient (Wildman–Crippen LogP) is 3.08. The fourth-order valence-corrected chi connectivity index (χ4v) is 3.48. The van der Waals surface area contributed by atoms with Crippen LogP contribution in [0.2, 0.25) is 0 Å². The van der Waals surface area contributed by atoms with Gasteiger partial charge in [0, 0.05) is 12.7 Å². The van der Waals surface area contributed by atoms with E-state index in [2.05, 4.69) is 10.3 Å². The van der Waals surface area contributed by atoms with Gasteiger partial charge in [-0.05, 0) is 55.3 Å². The van der Waals surface area contributed by atoms with Crippen LogP contribution in [0.15, 0.2) is 35.8 Å². The number of hydrogen-bond acceptors (Lipinski definition) is 4. The molecule has 0 aromatic carbocycles. The van der Waals surface area contributed by atoms with Crippen molar-refractivity contribution in [1.82, 2.24) is 9.88 Å². The summed E-state index contributed by atoms with van der Waals surface area (Å²) in [5.74, 6) is 0.314. The lowest BCUT2D eigenvalue weighted by atomic mass is 10.0. The summed E-state index contributed by atoms with van der Waals surface area (Å²) in [4.78, 5) is 31.8. The topological polar surface area (TPSA) is 62.3 Å². The Morgan fingerprint density at radius 1 is 1.35 bits per heavy atom. The van der Waals surface area contributed by atoms with Gasteiger partial charge >= 0.3 is 0 Å². The number of piperidine rings is 1. The number of amides is 2. The Morgan fingerprint density at radius 3 is 2.96 bits per heavy atom. The second-order valence-electron chi connectivity index (χ2n) is 5.70. The summed E-state index contributed by atoms with van der Waals surface area (Å²) in [6, 6.07) is 6.93. The molecule has 1 N–H and O–H groups in total. The van der Waals surface area contributed by atoms with Crippen molar-refractivity contribution in [2.24, 2.45) is 0 Å². The zero-order chi connectivity index (χ0) is 16.2. The number of hydrogen-bond donors (Lipinski definition) is 1. The molecule has 0 spiro atoms. The first-order valence-corrected chi connectivity index (χ1v) is 8.61. The summed E-state index contributed by atoms with van der Waals surface area (Å²) in [6.45, 7) is 2.57. The maximum Gasteiger partial charge on any atom is 0.264 e. The van der Waals surface area contributed by atoms with Gasteiger partial charge in [0.15, 0.2) is 0 Å². The van der Waals surface area contributed by atoms with E-state index in [9.17, 15) is 9.59 Å². The van der Waals surface area contributed by atoms with Gasteiger partial charge in [-0.25, -0.2) is 4.98 Å². The van der Waals surface area contributed by atoms with Gasteiger partial charge < -0.3 is 10.2 Å². The van der Waals surface area contributed by atoms with Crippen molar-refractivity contribution in [3.63, 3.8) is 0 Å². The van der Waals surface area contributed by atoms with Gasteiger partial charge in [0.25, 0.3) is 5.91 Å². The van der Waals surface area contributed by atoms with E-state index in [0.29, 0.717) is 23.7 Å². The molecule has 0 saturated carbocycles. The van der Waals surface area contributed by atoms with Crippen LogP contribution in [-0.2, 0) is 4.79 Å². The van der Waals surface area contributed by atoms with E-state index >= 15 is 0 Å². The third-order valence-electron chi connectivity index (χ3n) is 3.96. The molecule has 23 heavy (non-hydrogen) atoms. The number of carbonyl (C=O) groups excluding carboxylic acids is 2. The number of nitrogens with zero attached hydrogens (tertiary/aromatic N) is 2. The van der Waals surface area contributed by atoms with Crippen molar-refractivity contribution >= 4 is 29.0 Å². The number of likely N-dealkylation sites (tertiary alicyclic amines) is 1. The van der Waals surface area contributed by atoms with Crippen LogP contribution in [-0.4, -0.2) is 34.3 Å². The molecule has 1 aliphatic rings. The molecule has 0 radical (unpaired) electrons. The van der Waals surface area contributed by atoms with Crippen molar-refractivity contribution in [1.29, 1.82) is 0 Å². The molecule has 2 aromatic heterocycles. The first-order chi connectivity index (χ1) is 11.1. The number of aryl methyl sites for hydroxylation is 1. The van der Waals surface area contributed by atoms with Crippen LogP contribution < -0.4 is 5.32 Å². The van der Waals surface area contributed by atoms with E-state index in [4.69, 9.17) is 0 Å². The molecule has 1 fully saturated rings. The molecule has 3 heterocycles. The molecule has 1 aliphatic heterocycles. The van der Waals surface area contributed by atoms with E-state index in [-0.39, 0.29) is 11.8 Å². The molecule has 120 valence electrons. The van der Waals surface area contributed by atoms with Gasteiger partial charge in [-0.15, -0.1) is 11.3 Å². The van der Waals surface area contributed by atoms with Crippen molar-refractivity contribution < 1.29 is 9.59 Å². The number of nitrogens with one attached hydrogen (secondary N) is 1. The predicted molar refractivity (Wildman–Crippen MR) is 90.6 cm³/mol. The summed E-state index contributed by atoms with van der Waals surface area (Å²) in [5, 5.41) is 4.72. The molecular formula is C17H19N3O2S. The zero-order valence-electron chi connectivity index (χ0n) is 13.0. The van der Waals surface area contributed by atoms with Gasteiger partial charge in [0.2, 0.25) is 5.91 Å². The standard InChI is InChI=1S/C17H19N3O2S/c1-12-7-8-18-15(11-12)19-16(21)13-5-2-3-9-20(13)17(22)14-6-4-10-23-14/h4,6-8,10-11,13H,2-3,5,9H2,1H3,(H,18,19,21). The monoisotopic (exact) mass is 329 g/mol. The summed E-state index contributed by atoms with van der Waals surface area (Å²) in [6.07, 6.45) is 4.24. The van der Waals surface area contributed by atoms with E-state index in [1.54, 1.807) is 17.2 Å². The lowest BCUT2D eigenvalue weighted by molar-refractivity contribution is -0.121. The molecule has 0 bridgehead atoms. The van der Waals surface area contributed by atoms with Gasteiger partial charge in [-0.3, -0.25) is 9.59 Å². The highest BCUT2D eigenvalue weighted by atomic mass is 32.1. The minimum atomic E-state index is -0.430. The van der Waals surface area contributed by atoms with Gasteiger partial charge in [0.1, 0.15) is 11.9 Å². The minimum absolute atomic E-state index is 0.0583. The van der Waals surface area contributed by atoms with Crippen LogP contribution in [0.1, 0.15) is 34.5 Å². The number of rotatable bonds is 3. The first kappa shape index (κ1) is 15.7. The van der Waals surface area contributed by atoms with Crippen LogP contribution in [0, 0.1) is 6.92 Å². The van der Waals surface area contributed by atoms with Crippen LogP contribution >= 0.6 is 11.3 Å². The van der Waals surface area contributed by atoms with E-state index < -0.39 is 6.04 Å². The average molecular weight is 329 g/mol. The SMILES string of the molecule is Cc1ccnc(NC(=O)C2CCCCN2C(=O)c2cccs2)c1. The quantitative estimate of drug-likeness (QED) is 0.941. The Bertz CT molecular complexity index is 700. The summed E-state index contributed by atoms with van der Waals surface area (Å²) in [7, 11) is 0. The largest absolute Gasteiger partial charge is 0.326 e. The van der Waals surface area contributed by atoms with Gasteiger partial charge in [-0.2, -0.15) is 0 Å². The van der Waals surface area contributed by atoms with Crippen molar-refractivity contribution in [2.75, 3.05) is 11.9 Å². The van der Waals surface area contributed by atoms with Crippen LogP contribution in [0.5, 0.6) is 0 Å². The molecule has 1 unspecified atom stereocenters. The fraction of sp³-hybridized carbons (Fsp3) is 0.353. The summed E-state index contributed by atoms with van der Waals surface area (Å²) in [5.41, 5.74) is 1.03. The Kier molecular flexibility index (Phi) is 4.71. The van der Waals surface area contributed by atoms with E-state index in [0.717, 1.165) is 18.4 Å². The normalized spacial score (nSPS) is 17.8. The highest BCUT2D eigenvalue weighted by Crippen LogP contribution is 2.22. The fourth-order valence-electron chi connectivity index (χ4n) is 2.80. The number of carbonyl (C=O) groups is 2. The number of anilines is 1. The van der Waals surface area contributed by atoms with Crippen LogP contribution in [0.3, 0.4) is 0 Å². The lowest BCUT2D eigenvalue weighted by Gasteiger charge is -2.34. The lowest BCUT2D eigenvalue weighted by Crippen LogP contribution is -2.49. The third kappa shape index (κ3) is 3.59. The molecule has 1 saturated heterocycles. The smallest absolute Gasteiger partial charge is 0.264 e. The van der Waals surface area contributed by atoms with Gasteiger partial charge in [-0.1, -0.05) is 6.07 Å². The molecule has 0 aliphatic carbocycles. The Hall–Kier alpha value is -2.21.